The summed E-state index contributed by atoms with van der Waals surface area (Å²) in [5.41, 5.74) is 9.53. The smallest absolute Gasteiger partial charge is 0.224 e. The fraction of sp³-hybridized carbons (Fsp3) is 0.483. The predicted octanol–water partition coefficient (Wildman–Crippen LogP) is 4.90. The van der Waals surface area contributed by atoms with E-state index in [9.17, 15) is 9.59 Å². The first-order chi connectivity index (χ1) is 18.2. The first-order valence-electron chi connectivity index (χ1n) is 13.4. The summed E-state index contributed by atoms with van der Waals surface area (Å²) in [5, 5.41) is 16.3. The van der Waals surface area contributed by atoms with Gasteiger partial charge in [0.1, 0.15) is 5.76 Å². The van der Waals surface area contributed by atoms with Gasteiger partial charge in [-0.1, -0.05) is 49.3 Å². The van der Waals surface area contributed by atoms with E-state index in [1.54, 1.807) is 6.08 Å². The molecule has 0 radical (unpaired) electrons. The molecule has 3 aromatic rings. The van der Waals surface area contributed by atoms with Crippen LogP contribution in [0, 0.1) is 31.6 Å². The summed E-state index contributed by atoms with van der Waals surface area (Å²) in [5.74, 6) is 0.762. The molecule has 0 bridgehead atoms. The summed E-state index contributed by atoms with van der Waals surface area (Å²) in [4.78, 5) is 25.8. The minimum absolute atomic E-state index is 0.170. The summed E-state index contributed by atoms with van der Waals surface area (Å²) in [7, 11) is 0. The third kappa shape index (κ3) is 5.71. The molecule has 2 amide bonds. The average Bonchev–Trinajstić information content (AvgIpc) is 3.39. The summed E-state index contributed by atoms with van der Waals surface area (Å²) in [6.45, 7) is 12.4. The maximum atomic E-state index is 13.5. The molecule has 3 heterocycles. The highest BCUT2D eigenvalue weighted by atomic mass is 16.5. The highest BCUT2D eigenvalue weighted by molar-refractivity contribution is 5.87. The lowest BCUT2D eigenvalue weighted by Gasteiger charge is -2.27. The molecule has 1 aliphatic rings. The van der Waals surface area contributed by atoms with E-state index in [4.69, 9.17) is 10.3 Å². The number of amides is 2. The molecule has 202 valence electrons. The van der Waals surface area contributed by atoms with E-state index < -0.39 is 17.7 Å². The lowest BCUT2D eigenvalue weighted by atomic mass is 9.82. The van der Waals surface area contributed by atoms with Crippen molar-refractivity contribution in [1.29, 1.82) is 0 Å². The van der Waals surface area contributed by atoms with Gasteiger partial charge in [-0.05, 0) is 57.4 Å². The molecular formula is C29H38N6O3. The van der Waals surface area contributed by atoms with Gasteiger partial charge in [0.05, 0.1) is 23.6 Å². The molecule has 0 aliphatic carbocycles. The number of primary amides is 1. The number of allylic oxidation sites excluding steroid dienone is 1. The van der Waals surface area contributed by atoms with Crippen LogP contribution in [0.25, 0.3) is 22.5 Å². The Morgan fingerprint density at radius 3 is 2.47 bits per heavy atom. The van der Waals surface area contributed by atoms with Crippen molar-refractivity contribution in [2.24, 2.45) is 23.5 Å². The maximum absolute atomic E-state index is 13.5. The average molecular weight is 519 g/mol. The van der Waals surface area contributed by atoms with Gasteiger partial charge in [0.15, 0.2) is 11.6 Å². The van der Waals surface area contributed by atoms with Crippen molar-refractivity contribution < 1.29 is 14.1 Å². The van der Waals surface area contributed by atoms with Crippen molar-refractivity contribution in [3.05, 3.63) is 54.2 Å². The largest absolute Gasteiger partial charge is 0.369 e. The molecule has 0 saturated heterocycles. The Morgan fingerprint density at radius 1 is 1.16 bits per heavy atom. The lowest BCUT2D eigenvalue weighted by molar-refractivity contribution is -0.134. The van der Waals surface area contributed by atoms with E-state index in [-0.39, 0.29) is 17.9 Å². The number of hydrogen-bond acceptors (Lipinski definition) is 6. The number of rotatable bonds is 10. The lowest BCUT2D eigenvalue weighted by Crippen LogP contribution is -2.42. The van der Waals surface area contributed by atoms with Crippen LogP contribution in [-0.4, -0.2) is 31.7 Å². The molecule has 2 aromatic heterocycles. The highest BCUT2D eigenvalue weighted by Crippen LogP contribution is 2.32. The predicted molar refractivity (Wildman–Crippen MR) is 146 cm³/mol. The molecule has 1 aliphatic heterocycles. The van der Waals surface area contributed by atoms with E-state index >= 15 is 0 Å². The molecule has 9 nitrogen and oxygen atoms in total. The number of nitrogens with two attached hydrogens (primary N) is 1. The van der Waals surface area contributed by atoms with Gasteiger partial charge in [0.2, 0.25) is 11.8 Å². The second-order valence-corrected chi connectivity index (χ2v) is 10.6. The topological polar surface area (TPSA) is 129 Å². The minimum atomic E-state index is -0.592. The Balaban J connectivity index is 1.60. The zero-order chi connectivity index (χ0) is 27.4. The van der Waals surface area contributed by atoms with Crippen molar-refractivity contribution in [2.45, 2.75) is 72.4 Å². The van der Waals surface area contributed by atoms with E-state index in [2.05, 4.69) is 31.8 Å². The van der Waals surface area contributed by atoms with E-state index in [1.807, 2.05) is 52.0 Å². The molecule has 1 aromatic carbocycles. The van der Waals surface area contributed by atoms with Crippen LogP contribution < -0.4 is 11.1 Å². The Morgan fingerprint density at radius 2 is 1.87 bits per heavy atom. The summed E-state index contributed by atoms with van der Waals surface area (Å²) in [6, 6.07) is 7.85. The van der Waals surface area contributed by atoms with Crippen molar-refractivity contribution in [1.82, 2.24) is 25.2 Å². The molecule has 38 heavy (non-hydrogen) atoms. The first kappa shape index (κ1) is 27.3. The van der Waals surface area contributed by atoms with Gasteiger partial charge in [-0.15, -0.1) is 16.8 Å². The monoisotopic (exact) mass is 518 g/mol. The number of fused-ring (bicyclic) bond motifs is 1. The van der Waals surface area contributed by atoms with Gasteiger partial charge < -0.3 is 20.1 Å². The van der Waals surface area contributed by atoms with Crippen molar-refractivity contribution >= 4 is 11.8 Å². The van der Waals surface area contributed by atoms with Crippen LogP contribution in [0.5, 0.6) is 0 Å². The number of carbonyl (C=O) groups excluding carboxylic acids is 2. The van der Waals surface area contributed by atoms with Gasteiger partial charge in [-0.2, -0.15) is 0 Å². The van der Waals surface area contributed by atoms with E-state index in [0.29, 0.717) is 12.8 Å². The first-order valence-corrected chi connectivity index (χ1v) is 13.4. The molecule has 0 spiro atoms. The van der Waals surface area contributed by atoms with Crippen LogP contribution in [0.4, 0.5) is 0 Å². The molecular weight excluding hydrogens is 480 g/mol. The molecule has 0 saturated carbocycles. The molecule has 3 N–H and O–H groups in total. The van der Waals surface area contributed by atoms with Crippen molar-refractivity contribution in [3.8, 4) is 22.5 Å². The number of aromatic nitrogens is 4. The Hall–Kier alpha value is -3.75. The maximum Gasteiger partial charge on any atom is 0.224 e. The van der Waals surface area contributed by atoms with Crippen LogP contribution in [-0.2, 0) is 16.1 Å². The normalized spacial score (nSPS) is 16.9. The minimum Gasteiger partial charge on any atom is -0.369 e. The Kier molecular flexibility index (Phi) is 8.44. The van der Waals surface area contributed by atoms with Crippen molar-refractivity contribution in [3.63, 3.8) is 0 Å². The number of aryl methyl sites for hydroxylation is 2. The molecule has 0 fully saturated rings. The van der Waals surface area contributed by atoms with Crippen LogP contribution in [0.2, 0.25) is 0 Å². The molecule has 0 unspecified atom stereocenters. The van der Waals surface area contributed by atoms with Gasteiger partial charge in [-0.3, -0.25) is 9.59 Å². The summed E-state index contributed by atoms with van der Waals surface area (Å²) < 4.78 is 7.43. The van der Waals surface area contributed by atoms with E-state index in [0.717, 1.165) is 65.6 Å². The number of hydrogen-bond donors (Lipinski definition) is 2. The number of benzene rings is 1. The number of nitrogens with zero attached hydrogens (tertiary/aromatic N) is 4. The number of carbonyl (C=O) groups is 2. The van der Waals surface area contributed by atoms with Gasteiger partial charge in [-0.25, -0.2) is 0 Å². The van der Waals surface area contributed by atoms with Gasteiger partial charge in [0, 0.05) is 17.7 Å². The quantitative estimate of drug-likeness (QED) is 0.367. The zero-order valence-corrected chi connectivity index (χ0v) is 22.7. The third-order valence-corrected chi connectivity index (χ3v) is 7.33. The van der Waals surface area contributed by atoms with Crippen molar-refractivity contribution in [2.75, 3.05) is 0 Å². The fourth-order valence-electron chi connectivity index (χ4n) is 5.47. The second-order valence-electron chi connectivity index (χ2n) is 10.6. The number of nitrogens with one attached hydrogen (secondary N) is 1. The third-order valence-electron chi connectivity index (χ3n) is 7.33. The molecule has 3 atom stereocenters. The van der Waals surface area contributed by atoms with E-state index in [1.165, 1.54) is 0 Å². The SMILES string of the molecule is C=CC[C@H](C(N)=O)[C@@H](CC(C)C)C(=O)N[C@H]1CCCCn2c(-c3ccc(-c4c(C)noc4C)cc3)nnc21. The second kappa shape index (κ2) is 11.8. The molecule has 9 heteroatoms. The standard InChI is InChI=1S/C29H38N6O3/c1-6-9-22(26(30)36)23(16-17(2)3)29(37)31-24-10-7-8-15-35-27(32-33-28(24)35)21-13-11-20(12-14-21)25-18(4)34-38-19(25)5/h6,11-14,17,22-24H,1,7-10,15-16H2,2-5H3,(H2,30,36)(H,31,37)/t22-,23+,24-/m0/s1. The summed E-state index contributed by atoms with van der Waals surface area (Å²) >= 11 is 0. The fourth-order valence-corrected chi connectivity index (χ4v) is 5.47. The Labute approximate surface area is 223 Å². The Bertz CT molecular complexity index is 1270. The summed E-state index contributed by atoms with van der Waals surface area (Å²) in [6.07, 6.45) is 5.24. The van der Waals surface area contributed by atoms with Crippen LogP contribution in [0.15, 0.2) is 41.4 Å². The van der Waals surface area contributed by atoms with Crippen LogP contribution in [0.3, 0.4) is 0 Å². The van der Waals surface area contributed by atoms with Gasteiger partial charge >= 0.3 is 0 Å². The molecule has 4 rings (SSSR count). The van der Waals surface area contributed by atoms with Crippen LogP contribution >= 0.6 is 0 Å². The van der Waals surface area contributed by atoms with Gasteiger partial charge in [0.25, 0.3) is 0 Å². The zero-order valence-electron chi connectivity index (χ0n) is 22.7. The highest BCUT2D eigenvalue weighted by Gasteiger charge is 2.35. The van der Waals surface area contributed by atoms with Crippen LogP contribution in [0.1, 0.15) is 69.3 Å².